The summed E-state index contributed by atoms with van der Waals surface area (Å²) in [6, 6.07) is 21.5. The normalized spacial score (nSPS) is 16.3. The molecule has 0 bridgehead atoms. The predicted octanol–water partition coefficient (Wildman–Crippen LogP) is 4.01. The van der Waals surface area contributed by atoms with E-state index in [0.717, 1.165) is 70.0 Å². The van der Waals surface area contributed by atoms with Crippen LogP contribution in [0.4, 0.5) is 5.69 Å². The molecule has 1 amide bonds. The maximum atomic E-state index is 12.9. The van der Waals surface area contributed by atoms with Gasteiger partial charge >= 0.3 is 0 Å². The minimum absolute atomic E-state index is 0.0759. The van der Waals surface area contributed by atoms with Crippen molar-refractivity contribution in [1.29, 1.82) is 0 Å². The third kappa shape index (κ3) is 4.57. The van der Waals surface area contributed by atoms with Crippen LogP contribution in [0.25, 0.3) is 28.8 Å². The van der Waals surface area contributed by atoms with E-state index < -0.39 is 0 Å². The van der Waals surface area contributed by atoms with Crippen LogP contribution in [0.5, 0.6) is 5.88 Å². The van der Waals surface area contributed by atoms with Crippen LogP contribution in [0, 0.1) is 0 Å². The molecular formula is C30H27N5O2. The van der Waals surface area contributed by atoms with Crippen LogP contribution in [0.1, 0.15) is 21.5 Å². The van der Waals surface area contributed by atoms with Crippen molar-refractivity contribution in [2.24, 2.45) is 10.2 Å². The number of aromatic hydroxyl groups is 1. The molecule has 2 aliphatic heterocycles. The van der Waals surface area contributed by atoms with Crippen molar-refractivity contribution in [3.8, 4) is 5.88 Å². The number of benzene rings is 3. The Kier molecular flexibility index (Phi) is 5.90. The molecule has 0 atom stereocenters. The number of carbonyl (C=O) groups excluding carboxylic acids is 1. The molecule has 1 saturated heterocycles. The van der Waals surface area contributed by atoms with E-state index in [1.165, 1.54) is 0 Å². The standard InChI is InChI=1S/C30H27N5O2/c1-34-13-15-35(16-14-34)30(37)22-6-4-5-20(17-22)10-12-27-24-11-9-21(19-28(24)33-32-27)18-25-23-7-2-3-8-26(23)31-29(25)36/h2-12,17-19,31,36H,13-16H2,1H3/b12-10+,21-18?. The first-order valence-electron chi connectivity index (χ1n) is 12.4. The molecule has 1 fully saturated rings. The average molecular weight is 490 g/mol. The first-order valence-corrected chi connectivity index (χ1v) is 12.4. The lowest BCUT2D eigenvalue weighted by molar-refractivity contribution is 0.0664. The molecule has 0 unspecified atom stereocenters. The third-order valence-electron chi connectivity index (χ3n) is 6.96. The van der Waals surface area contributed by atoms with Gasteiger partial charge in [-0.25, -0.2) is 0 Å². The fourth-order valence-corrected chi connectivity index (χ4v) is 4.83. The van der Waals surface area contributed by atoms with Crippen molar-refractivity contribution >= 4 is 40.3 Å². The van der Waals surface area contributed by atoms with E-state index in [4.69, 9.17) is 0 Å². The van der Waals surface area contributed by atoms with Gasteiger partial charge < -0.3 is 19.9 Å². The van der Waals surface area contributed by atoms with Crippen molar-refractivity contribution in [1.82, 2.24) is 14.8 Å². The van der Waals surface area contributed by atoms with Gasteiger partial charge in [0.05, 0.1) is 11.4 Å². The molecular weight excluding hydrogens is 462 g/mol. The van der Waals surface area contributed by atoms with E-state index in [1.54, 1.807) is 0 Å². The number of nitrogens with zero attached hydrogens (tertiary/aromatic N) is 4. The highest BCUT2D eigenvalue weighted by atomic mass is 16.3. The topological polar surface area (TPSA) is 84.3 Å². The number of piperazine rings is 1. The Bertz CT molecular complexity index is 1690. The van der Waals surface area contributed by atoms with Crippen molar-refractivity contribution < 1.29 is 9.90 Å². The van der Waals surface area contributed by atoms with Gasteiger partial charge in [-0.2, -0.15) is 0 Å². The summed E-state index contributed by atoms with van der Waals surface area (Å²) in [5.41, 5.74) is 4.84. The molecule has 184 valence electrons. The number of rotatable bonds is 4. The SMILES string of the molecule is CN1CCN(C(=O)c2cccc(/C=C/C3=c4ccc(=Cc5c(O)[nH]c6ccccc56)cc4N=N3)c2)CC1. The summed E-state index contributed by atoms with van der Waals surface area (Å²) >= 11 is 0. The number of H-pyrrole nitrogens is 1. The van der Waals surface area contributed by atoms with Gasteiger partial charge in [0.1, 0.15) is 0 Å². The summed E-state index contributed by atoms with van der Waals surface area (Å²) in [5.74, 6) is 0.221. The number of para-hydroxylation sites is 1. The second-order valence-corrected chi connectivity index (χ2v) is 9.49. The first-order chi connectivity index (χ1) is 18.0. The van der Waals surface area contributed by atoms with E-state index in [0.29, 0.717) is 5.56 Å². The largest absolute Gasteiger partial charge is 0.494 e. The number of hydrogen-bond donors (Lipinski definition) is 2. The van der Waals surface area contributed by atoms with Crippen LogP contribution >= 0.6 is 0 Å². The second-order valence-electron chi connectivity index (χ2n) is 9.49. The van der Waals surface area contributed by atoms with Crippen molar-refractivity contribution in [2.45, 2.75) is 0 Å². The lowest BCUT2D eigenvalue weighted by atomic mass is 10.1. The van der Waals surface area contributed by atoms with Crippen LogP contribution in [-0.4, -0.2) is 59.0 Å². The van der Waals surface area contributed by atoms with E-state index >= 15 is 0 Å². The maximum absolute atomic E-state index is 12.9. The Balaban J connectivity index is 1.26. The third-order valence-corrected chi connectivity index (χ3v) is 6.96. The van der Waals surface area contributed by atoms with Gasteiger partial charge in [-0.1, -0.05) is 42.5 Å². The van der Waals surface area contributed by atoms with Gasteiger partial charge in [0, 0.05) is 53.4 Å². The summed E-state index contributed by atoms with van der Waals surface area (Å²) in [4.78, 5) is 20.1. The van der Waals surface area contributed by atoms with E-state index in [2.05, 4.69) is 27.2 Å². The smallest absolute Gasteiger partial charge is 0.253 e. The Morgan fingerprint density at radius 3 is 2.65 bits per heavy atom. The quantitative estimate of drug-likeness (QED) is 0.454. The Labute approximate surface area is 214 Å². The number of aromatic amines is 1. The molecule has 7 nitrogen and oxygen atoms in total. The minimum Gasteiger partial charge on any atom is -0.494 e. The van der Waals surface area contributed by atoms with Gasteiger partial charge in [-0.05, 0) is 60.3 Å². The van der Waals surface area contributed by atoms with Crippen molar-refractivity contribution in [3.63, 3.8) is 0 Å². The maximum Gasteiger partial charge on any atom is 0.253 e. The van der Waals surface area contributed by atoms with Crippen molar-refractivity contribution in [2.75, 3.05) is 33.2 Å². The summed E-state index contributed by atoms with van der Waals surface area (Å²) in [7, 11) is 2.08. The van der Waals surface area contributed by atoms with Crippen LogP contribution in [0.2, 0.25) is 0 Å². The minimum atomic E-state index is 0.0759. The Morgan fingerprint density at radius 1 is 0.946 bits per heavy atom. The molecule has 6 rings (SSSR count). The van der Waals surface area contributed by atoms with Gasteiger partial charge in [-0.15, -0.1) is 10.2 Å². The summed E-state index contributed by atoms with van der Waals surface area (Å²) in [6.07, 6.45) is 5.85. The number of azo groups is 1. The summed E-state index contributed by atoms with van der Waals surface area (Å²) in [5, 5.41) is 21.9. The molecule has 0 aliphatic carbocycles. The highest BCUT2D eigenvalue weighted by Crippen LogP contribution is 2.27. The van der Waals surface area contributed by atoms with Crippen molar-refractivity contribution in [3.05, 3.63) is 99.9 Å². The van der Waals surface area contributed by atoms with E-state index in [1.807, 2.05) is 89.9 Å². The van der Waals surface area contributed by atoms with Gasteiger partial charge in [-0.3, -0.25) is 4.79 Å². The van der Waals surface area contributed by atoms with Gasteiger partial charge in [0.25, 0.3) is 5.91 Å². The molecule has 0 spiro atoms. The summed E-state index contributed by atoms with van der Waals surface area (Å²) < 4.78 is 0. The van der Waals surface area contributed by atoms with E-state index in [-0.39, 0.29) is 11.8 Å². The number of amides is 1. The Hall–Kier alpha value is -4.49. The molecule has 1 aromatic heterocycles. The molecule has 0 radical (unpaired) electrons. The fraction of sp³-hybridized carbons (Fsp3) is 0.167. The Morgan fingerprint density at radius 2 is 1.78 bits per heavy atom. The highest BCUT2D eigenvalue weighted by molar-refractivity contribution is 5.95. The van der Waals surface area contributed by atoms with Gasteiger partial charge in [0.2, 0.25) is 0 Å². The number of fused-ring (bicyclic) bond motifs is 2. The molecule has 4 aromatic rings. The molecule has 7 heteroatoms. The number of aromatic nitrogens is 1. The molecule has 2 aliphatic rings. The lowest BCUT2D eigenvalue weighted by Crippen LogP contribution is -2.47. The second kappa shape index (κ2) is 9.52. The number of nitrogens with one attached hydrogen (secondary N) is 1. The number of carbonyl (C=O) groups is 1. The first kappa shape index (κ1) is 22.9. The van der Waals surface area contributed by atoms with E-state index in [9.17, 15) is 9.90 Å². The zero-order valence-corrected chi connectivity index (χ0v) is 20.6. The number of hydrogen-bond acceptors (Lipinski definition) is 5. The average Bonchev–Trinajstić information content (AvgIpc) is 3.47. The number of likely N-dealkylation sites (N-methyl/N-ethyl adjacent to an activating group) is 1. The predicted molar refractivity (Wildman–Crippen MR) is 146 cm³/mol. The highest BCUT2D eigenvalue weighted by Gasteiger charge is 2.20. The van der Waals surface area contributed by atoms with Crippen LogP contribution in [-0.2, 0) is 0 Å². The molecule has 0 saturated carbocycles. The van der Waals surface area contributed by atoms with Crippen LogP contribution in [0.3, 0.4) is 0 Å². The molecule has 3 heterocycles. The van der Waals surface area contributed by atoms with Crippen LogP contribution in [0.15, 0.2) is 83.0 Å². The molecule has 2 N–H and O–H groups in total. The fourth-order valence-electron chi connectivity index (χ4n) is 4.83. The summed E-state index contributed by atoms with van der Waals surface area (Å²) in [6.45, 7) is 3.31. The van der Waals surface area contributed by atoms with Gasteiger partial charge in [0.15, 0.2) is 5.88 Å². The molecule has 37 heavy (non-hydrogen) atoms. The lowest BCUT2D eigenvalue weighted by Gasteiger charge is -2.32. The monoisotopic (exact) mass is 489 g/mol. The zero-order chi connectivity index (χ0) is 25.4. The van der Waals surface area contributed by atoms with Crippen LogP contribution < -0.4 is 10.4 Å². The zero-order valence-electron chi connectivity index (χ0n) is 20.6. The molecule has 3 aromatic carbocycles.